The lowest BCUT2D eigenvalue weighted by atomic mass is 9.91. The van der Waals surface area contributed by atoms with E-state index >= 15 is 0 Å². The van der Waals surface area contributed by atoms with E-state index in [4.69, 9.17) is 0 Å². The van der Waals surface area contributed by atoms with E-state index in [1.165, 1.54) is 0 Å². The molecule has 5 aromatic rings. The normalized spacial score (nSPS) is 12.2. The number of rotatable bonds is 1. The quantitative estimate of drug-likeness (QED) is 0.264. The molecule has 0 radical (unpaired) electrons. The molecule has 5 rings (SSSR count). The highest BCUT2D eigenvalue weighted by Crippen LogP contribution is 2.44. The van der Waals surface area contributed by atoms with Crippen molar-refractivity contribution in [3.63, 3.8) is 0 Å². The number of nitrogens with zero attached hydrogens (tertiary/aromatic N) is 2. The second-order valence-corrected chi connectivity index (χ2v) is 8.10. The molecule has 1 heterocycles. The third-order valence-electron chi connectivity index (χ3n) is 5.70. The van der Waals surface area contributed by atoms with Gasteiger partial charge in [-0.1, -0.05) is 41.5 Å². The highest BCUT2D eigenvalue weighted by molar-refractivity contribution is 6.11. The molecule has 0 aliphatic rings. The SMILES string of the molecule is Cc1cc(C)cc(-c2nnc(C)c3c(C(F)(F)F)c4cc5ccccc5cc4cc23)c1. The summed E-state index contributed by atoms with van der Waals surface area (Å²) in [4.78, 5) is 0. The van der Waals surface area contributed by atoms with Crippen LogP contribution >= 0.6 is 0 Å². The van der Waals surface area contributed by atoms with Crippen LogP contribution in [0.1, 0.15) is 22.4 Å². The van der Waals surface area contributed by atoms with E-state index in [0.29, 0.717) is 16.5 Å². The van der Waals surface area contributed by atoms with Crippen LogP contribution in [0.15, 0.2) is 60.7 Å². The molecular formula is C26H19F3N2. The largest absolute Gasteiger partial charge is 0.417 e. The van der Waals surface area contributed by atoms with Crippen LogP contribution in [0.5, 0.6) is 0 Å². The molecule has 0 spiro atoms. The summed E-state index contributed by atoms with van der Waals surface area (Å²) in [5, 5.41) is 11.4. The van der Waals surface area contributed by atoms with Crippen LogP contribution in [0.2, 0.25) is 0 Å². The lowest BCUT2D eigenvalue weighted by Crippen LogP contribution is -2.09. The van der Waals surface area contributed by atoms with Gasteiger partial charge in [0.05, 0.1) is 11.3 Å². The number of alkyl halides is 3. The molecule has 0 aliphatic heterocycles. The molecule has 0 saturated heterocycles. The minimum Gasteiger partial charge on any atom is -0.166 e. The standard InChI is InChI=1S/C26H19F3N2/c1-14-8-15(2)10-20(9-14)25-22-13-19-11-17-6-4-5-7-18(17)12-21(19)24(26(27,28)29)23(22)16(3)30-31-25/h4-13H,1-3H3. The Kier molecular flexibility index (Phi) is 4.26. The molecule has 0 bridgehead atoms. The molecule has 2 nitrogen and oxygen atoms in total. The van der Waals surface area contributed by atoms with Gasteiger partial charge in [0.2, 0.25) is 0 Å². The van der Waals surface area contributed by atoms with Gasteiger partial charge in [0, 0.05) is 16.3 Å². The van der Waals surface area contributed by atoms with Crippen LogP contribution < -0.4 is 0 Å². The molecule has 154 valence electrons. The molecule has 0 saturated carbocycles. The lowest BCUT2D eigenvalue weighted by Gasteiger charge is -2.18. The van der Waals surface area contributed by atoms with E-state index in [1.54, 1.807) is 13.0 Å². The van der Waals surface area contributed by atoms with Crippen molar-refractivity contribution < 1.29 is 13.2 Å². The second kappa shape index (κ2) is 6.77. The van der Waals surface area contributed by atoms with E-state index < -0.39 is 11.7 Å². The van der Waals surface area contributed by atoms with Crippen molar-refractivity contribution >= 4 is 32.3 Å². The van der Waals surface area contributed by atoms with Crippen molar-refractivity contribution in [3.8, 4) is 11.3 Å². The third-order valence-corrected chi connectivity index (χ3v) is 5.70. The summed E-state index contributed by atoms with van der Waals surface area (Å²) < 4.78 is 43.3. The minimum absolute atomic E-state index is 0.111. The van der Waals surface area contributed by atoms with Crippen molar-refractivity contribution in [2.24, 2.45) is 0 Å². The van der Waals surface area contributed by atoms with E-state index in [0.717, 1.165) is 27.5 Å². The Hall–Kier alpha value is -3.47. The summed E-state index contributed by atoms with van der Waals surface area (Å²) in [6.45, 7) is 5.51. The first-order chi connectivity index (χ1) is 14.7. The Morgan fingerprint density at radius 1 is 0.677 bits per heavy atom. The van der Waals surface area contributed by atoms with Gasteiger partial charge in [0.15, 0.2) is 0 Å². The van der Waals surface area contributed by atoms with Gasteiger partial charge in [-0.15, -0.1) is 5.10 Å². The van der Waals surface area contributed by atoms with Gasteiger partial charge in [-0.2, -0.15) is 18.3 Å². The fourth-order valence-corrected chi connectivity index (χ4v) is 4.50. The number of hydrogen-bond acceptors (Lipinski definition) is 2. The zero-order valence-corrected chi connectivity index (χ0v) is 17.3. The Labute approximate surface area is 177 Å². The average molecular weight is 416 g/mol. The molecular weight excluding hydrogens is 397 g/mol. The summed E-state index contributed by atoms with van der Waals surface area (Å²) in [5.74, 6) is 0. The maximum atomic E-state index is 14.4. The number of halogens is 3. The van der Waals surface area contributed by atoms with Crippen molar-refractivity contribution in [2.45, 2.75) is 26.9 Å². The summed E-state index contributed by atoms with van der Waals surface area (Å²) in [6, 6.07) is 18.6. The Morgan fingerprint density at radius 3 is 1.94 bits per heavy atom. The molecule has 31 heavy (non-hydrogen) atoms. The number of fused-ring (bicyclic) bond motifs is 3. The maximum Gasteiger partial charge on any atom is 0.417 e. The maximum absolute atomic E-state index is 14.4. The minimum atomic E-state index is -4.53. The Morgan fingerprint density at radius 2 is 1.29 bits per heavy atom. The van der Waals surface area contributed by atoms with Crippen LogP contribution in [-0.2, 0) is 6.18 Å². The topological polar surface area (TPSA) is 25.8 Å². The molecule has 5 heteroatoms. The van der Waals surface area contributed by atoms with Crippen molar-refractivity contribution in [1.29, 1.82) is 0 Å². The number of aromatic nitrogens is 2. The van der Waals surface area contributed by atoms with Crippen LogP contribution in [0.3, 0.4) is 0 Å². The zero-order valence-electron chi connectivity index (χ0n) is 17.3. The van der Waals surface area contributed by atoms with Crippen LogP contribution in [0.25, 0.3) is 43.6 Å². The monoisotopic (exact) mass is 416 g/mol. The molecule has 1 aromatic heterocycles. The fraction of sp³-hybridized carbons (Fsp3) is 0.154. The first kappa shape index (κ1) is 19.5. The van der Waals surface area contributed by atoms with Gasteiger partial charge < -0.3 is 0 Å². The highest BCUT2D eigenvalue weighted by atomic mass is 19.4. The van der Waals surface area contributed by atoms with Crippen molar-refractivity contribution in [3.05, 3.63) is 83.0 Å². The first-order valence-electron chi connectivity index (χ1n) is 10.0. The summed E-state index contributed by atoms with van der Waals surface area (Å²) in [7, 11) is 0. The van der Waals surface area contributed by atoms with E-state index in [-0.39, 0.29) is 16.5 Å². The molecule has 0 fully saturated rings. The van der Waals surface area contributed by atoms with Crippen molar-refractivity contribution in [1.82, 2.24) is 10.2 Å². The molecule has 0 atom stereocenters. The van der Waals surface area contributed by atoms with Gasteiger partial charge in [0.1, 0.15) is 5.69 Å². The predicted molar refractivity (Wildman–Crippen MR) is 119 cm³/mol. The van der Waals surface area contributed by atoms with Crippen LogP contribution in [-0.4, -0.2) is 10.2 Å². The van der Waals surface area contributed by atoms with E-state index in [9.17, 15) is 13.2 Å². The third kappa shape index (κ3) is 3.21. The number of aryl methyl sites for hydroxylation is 3. The fourth-order valence-electron chi connectivity index (χ4n) is 4.50. The molecule has 0 amide bonds. The van der Waals surface area contributed by atoms with Crippen LogP contribution in [0.4, 0.5) is 13.2 Å². The molecule has 4 aromatic carbocycles. The van der Waals surface area contributed by atoms with E-state index in [2.05, 4.69) is 10.2 Å². The first-order valence-corrected chi connectivity index (χ1v) is 10.0. The Balaban J connectivity index is 2.00. The predicted octanol–water partition coefficient (Wildman–Crippen LogP) is 7.55. The summed E-state index contributed by atoms with van der Waals surface area (Å²) >= 11 is 0. The number of hydrogen-bond donors (Lipinski definition) is 0. The Bertz CT molecular complexity index is 1480. The van der Waals surface area contributed by atoms with Crippen molar-refractivity contribution in [2.75, 3.05) is 0 Å². The van der Waals surface area contributed by atoms with Gasteiger partial charge in [-0.25, -0.2) is 0 Å². The van der Waals surface area contributed by atoms with Gasteiger partial charge in [0.25, 0.3) is 0 Å². The second-order valence-electron chi connectivity index (χ2n) is 8.10. The smallest absolute Gasteiger partial charge is 0.166 e. The van der Waals surface area contributed by atoms with Gasteiger partial charge in [-0.3, -0.25) is 0 Å². The lowest BCUT2D eigenvalue weighted by molar-refractivity contribution is -0.135. The number of benzene rings is 4. The molecule has 0 N–H and O–H groups in total. The summed E-state index contributed by atoms with van der Waals surface area (Å²) in [6.07, 6.45) is -4.53. The molecule has 0 unspecified atom stereocenters. The highest BCUT2D eigenvalue weighted by Gasteiger charge is 2.36. The zero-order chi connectivity index (χ0) is 21.9. The van der Waals surface area contributed by atoms with E-state index in [1.807, 2.05) is 68.4 Å². The average Bonchev–Trinajstić information content (AvgIpc) is 2.69. The summed E-state index contributed by atoms with van der Waals surface area (Å²) in [5.41, 5.74) is 2.90. The molecule has 0 aliphatic carbocycles. The van der Waals surface area contributed by atoms with Gasteiger partial charge >= 0.3 is 6.18 Å². The van der Waals surface area contributed by atoms with Crippen LogP contribution in [0, 0.1) is 20.8 Å². The van der Waals surface area contributed by atoms with Gasteiger partial charge in [-0.05, 0) is 72.6 Å².